The average Bonchev–Trinajstić information content (AvgIpc) is 3.27. The smallest absolute Gasteiger partial charge is 0.243 e. The van der Waals surface area contributed by atoms with Gasteiger partial charge in [0.15, 0.2) is 0 Å². The molecule has 250 valence electrons. The number of aliphatic hydroxyl groups excluding tert-OH is 1. The predicted molar refractivity (Wildman–Crippen MR) is 178 cm³/mol. The third kappa shape index (κ3) is 9.04. The van der Waals surface area contributed by atoms with E-state index in [1.807, 2.05) is 36.1 Å². The molecule has 0 radical (unpaired) electrons. The van der Waals surface area contributed by atoms with Gasteiger partial charge in [-0.2, -0.15) is 0 Å². The summed E-state index contributed by atoms with van der Waals surface area (Å²) in [5, 5.41) is 17.2. The number of rotatable bonds is 8. The van der Waals surface area contributed by atoms with E-state index < -0.39 is 23.4 Å². The van der Waals surface area contributed by atoms with E-state index in [4.69, 9.17) is 0 Å². The third-order valence-electron chi connectivity index (χ3n) is 9.74. The number of carbonyl (C=O) groups excluding carboxylic acids is 2. The van der Waals surface area contributed by atoms with E-state index in [9.17, 15) is 23.5 Å². The first kappa shape index (κ1) is 35.3. The zero-order chi connectivity index (χ0) is 33.3. The molecule has 7 nitrogen and oxygen atoms in total. The summed E-state index contributed by atoms with van der Waals surface area (Å²) in [5.41, 5.74) is 1.26. The molecule has 3 fully saturated rings. The summed E-state index contributed by atoms with van der Waals surface area (Å²) in [6.07, 6.45) is 20.7. The molecule has 2 amide bonds. The SMILES string of the molecule is C=C/C=C\C=C(/C)NC(=O)[C@@H]1CC2C=CC(NC(O)CN3C(=O)C4(CCCCCC4)N(C)CC3C)=CC2C1.Fc1cccc(F)c1. The van der Waals surface area contributed by atoms with Crippen molar-refractivity contribution in [1.82, 2.24) is 20.4 Å². The summed E-state index contributed by atoms with van der Waals surface area (Å²) in [6.45, 7) is 8.71. The third-order valence-corrected chi connectivity index (χ3v) is 9.74. The summed E-state index contributed by atoms with van der Waals surface area (Å²) >= 11 is 0. The van der Waals surface area contributed by atoms with E-state index >= 15 is 0 Å². The molecular weight excluding hydrogens is 586 g/mol. The quantitative estimate of drug-likeness (QED) is 0.242. The molecule has 1 spiro atoms. The summed E-state index contributed by atoms with van der Waals surface area (Å²) in [5.74, 6) is -0.298. The normalized spacial score (nSPS) is 26.9. The van der Waals surface area contributed by atoms with Crippen LogP contribution < -0.4 is 10.6 Å². The molecule has 9 heteroatoms. The van der Waals surface area contributed by atoms with Gasteiger partial charge in [-0.3, -0.25) is 14.5 Å². The predicted octanol–water partition coefficient (Wildman–Crippen LogP) is 5.97. The van der Waals surface area contributed by atoms with Crippen molar-refractivity contribution in [2.45, 2.75) is 83.0 Å². The molecule has 3 aliphatic carbocycles. The van der Waals surface area contributed by atoms with Crippen LogP contribution in [0.25, 0.3) is 0 Å². The van der Waals surface area contributed by atoms with Crippen LogP contribution in [0.1, 0.15) is 65.2 Å². The minimum atomic E-state index is -0.850. The van der Waals surface area contributed by atoms with Crippen molar-refractivity contribution in [3.05, 3.63) is 96.4 Å². The number of hydrogen-bond donors (Lipinski definition) is 3. The fraction of sp³-hybridized carbons (Fsp3) is 0.514. The monoisotopic (exact) mass is 636 g/mol. The molecule has 1 saturated heterocycles. The van der Waals surface area contributed by atoms with Crippen LogP contribution in [0.15, 0.2) is 84.8 Å². The first-order valence-corrected chi connectivity index (χ1v) is 16.6. The van der Waals surface area contributed by atoms with Gasteiger partial charge in [-0.25, -0.2) is 8.78 Å². The standard InChI is InChI=1S/C31H46N4O3.C6H4F2/c1-5-6-9-12-22(2)32-29(37)26-17-24-13-14-27(19-25(24)18-26)33-28(36)21-35-23(3)20-34(4)31(30(35)38)15-10-7-8-11-16-31;7-5-2-1-3-6(8)4-5/h5-6,9,12-14,19,23-26,28,33,36H,1,7-8,10-11,15-18,20-21H2,2-4H3,(H,32,37);1-4H/b9-6-,22-12+;/t23?,24?,25?,26-,28?;/m1./s1. The second-order valence-corrected chi connectivity index (χ2v) is 13.2. The van der Waals surface area contributed by atoms with Gasteiger partial charge < -0.3 is 20.6 Å². The highest BCUT2D eigenvalue weighted by Crippen LogP contribution is 2.41. The molecule has 4 aliphatic rings. The van der Waals surface area contributed by atoms with Gasteiger partial charge in [0.25, 0.3) is 0 Å². The molecule has 5 rings (SSSR count). The molecule has 1 heterocycles. The van der Waals surface area contributed by atoms with Crippen LogP contribution in [-0.2, 0) is 9.59 Å². The van der Waals surface area contributed by atoms with Crippen LogP contribution in [-0.4, -0.2) is 64.7 Å². The first-order chi connectivity index (χ1) is 22.0. The van der Waals surface area contributed by atoms with Gasteiger partial charge in [0.2, 0.25) is 11.8 Å². The molecule has 0 aromatic heterocycles. The Kier molecular flexibility index (Phi) is 12.5. The van der Waals surface area contributed by atoms with Gasteiger partial charge in [0, 0.05) is 36.0 Å². The maximum absolute atomic E-state index is 13.8. The van der Waals surface area contributed by atoms with Crippen LogP contribution in [0.2, 0.25) is 0 Å². The Hall–Kier alpha value is -3.56. The molecule has 1 aromatic rings. The molecule has 1 aromatic carbocycles. The number of halogens is 2. The Bertz CT molecular complexity index is 1330. The lowest BCUT2D eigenvalue weighted by Crippen LogP contribution is -2.68. The Balaban J connectivity index is 0.000000523. The molecular formula is C37H50F2N4O3. The molecule has 5 atom stereocenters. The summed E-state index contributed by atoms with van der Waals surface area (Å²) in [7, 11) is 2.09. The number of benzene rings is 1. The lowest BCUT2D eigenvalue weighted by Gasteiger charge is -2.51. The topological polar surface area (TPSA) is 84.9 Å². The molecule has 4 unspecified atom stereocenters. The van der Waals surface area contributed by atoms with E-state index in [0.29, 0.717) is 5.92 Å². The Morgan fingerprint density at radius 2 is 1.80 bits per heavy atom. The van der Waals surface area contributed by atoms with Gasteiger partial charge >= 0.3 is 0 Å². The van der Waals surface area contributed by atoms with E-state index in [1.165, 1.54) is 31.0 Å². The maximum Gasteiger partial charge on any atom is 0.243 e. The highest BCUT2D eigenvalue weighted by Gasteiger charge is 2.49. The van der Waals surface area contributed by atoms with Crippen LogP contribution in [0.5, 0.6) is 0 Å². The highest BCUT2D eigenvalue weighted by molar-refractivity contribution is 5.87. The van der Waals surface area contributed by atoms with Gasteiger partial charge in [0.1, 0.15) is 23.4 Å². The zero-order valence-electron chi connectivity index (χ0n) is 27.4. The summed E-state index contributed by atoms with van der Waals surface area (Å²) < 4.78 is 23.9. The number of hydrogen-bond acceptors (Lipinski definition) is 5. The number of carbonyl (C=O) groups is 2. The summed E-state index contributed by atoms with van der Waals surface area (Å²) in [4.78, 5) is 30.8. The largest absolute Gasteiger partial charge is 0.372 e. The number of likely N-dealkylation sites (N-methyl/N-ethyl adjacent to an activating group) is 1. The number of amides is 2. The second kappa shape index (κ2) is 16.3. The number of aliphatic hydroxyl groups is 1. The lowest BCUT2D eigenvalue weighted by atomic mass is 9.83. The molecule has 46 heavy (non-hydrogen) atoms. The van der Waals surface area contributed by atoms with Crippen molar-refractivity contribution in [2.75, 3.05) is 20.1 Å². The van der Waals surface area contributed by atoms with Crippen molar-refractivity contribution in [3.63, 3.8) is 0 Å². The van der Waals surface area contributed by atoms with Gasteiger partial charge in [0.05, 0.1) is 6.54 Å². The van der Waals surface area contributed by atoms with Crippen molar-refractivity contribution < 1.29 is 23.5 Å². The number of allylic oxidation sites excluding steroid dienone is 8. The fourth-order valence-corrected chi connectivity index (χ4v) is 7.31. The molecule has 1 aliphatic heterocycles. The highest BCUT2D eigenvalue weighted by atomic mass is 19.1. The number of fused-ring (bicyclic) bond motifs is 1. The number of nitrogens with one attached hydrogen (secondary N) is 2. The lowest BCUT2D eigenvalue weighted by molar-refractivity contribution is -0.158. The number of nitrogens with zero attached hydrogens (tertiary/aromatic N) is 2. The first-order valence-electron chi connectivity index (χ1n) is 16.6. The minimum Gasteiger partial charge on any atom is -0.372 e. The van der Waals surface area contributed by atoms with Crippen LogP contribution in [0, 0.1) is 29.4 Å². The van der Waals surface area contributed by atoms with E-state index in [2.05, 4.69) is 48.2 Å². The fourth-order valence-electron chi connectivity index (χ4n) is 7.31. The van der Waals surface area contributed by atoms with Crippen molar-refractivity contribution in [3.8, 4) is 0 Å². The minimum absolute atomic E-state index is 0.0403. The van der Waals surface area contributed by atoms with Gasteiger partial charge in [-0.05, 0) is 82.7 Å². The average molecular weight is 637 g/mol. The molecule has 3 N–H and O–H groups in total. The number of β-amino-alcohol motifs (C(OH)–C–C–N with tert-alkyl or cyclic N) is 1. The molecule has 0 bridgehead atoms. The summed E-state index contributed by atoms with van der Waals surface area (Å²) in [6, 6.07) is 4.61. The van der Waals surface area contributed by atoms with E-state index in [-0.39, 0.29) is 36.2 Å². The number of piperazine rings is 1. The zero-order valence-corrected chi connectivity index (χ0v) is 27.4. The van der Waals surface area contributed by atoms with Gasteiger partial charge in [-0.1, -0.05) is 68.7 Å². The molecule has 2 saturated carbocycles. The van der Waals surface area contributed by atoms with Gasteiger partial charge in [-0.15, -0.1) is 0 Å². The van der Waals surface area contributed by atoms with Crippen molar-refractivity contribution >= 4 is 11.8 Å². The second-order valence-electron chi connectivity index (χ2n) is 13.2. The van der Waals surface area contributed by atoms with Crippen LogP contribution >= 0.6 is 0 Å². The van der Waals surface area contributed by atoms with Crippen molar-refractivity contribution in [2.24, 2.45) is 17.8 Å². The Morgan fingerprint density at radius 1 is 1.13 bits per heavy atom. The Morgan fingerprint density at radius 3 is 2.43 bits per heavy atom. The maximum atomic E-state index is 13.8. The van der Waals surface area contributed by atoms with E-state index in [1.54, 1.807) is 6.08 Å². The van der Waals surface area contributed by atoms with Crippen LogP contribution in [0.3, 0.4) is 0 Å². The van der Waals surface area contributed by atoms with Crippen molar-refractivity contribution in [1.29, 1.82) is 0 Å². The van der Waals surface area contributed by atoms with E-state index in [0.717, 1.165) is 62.5 Å². The van der Waals surface area contributed by atoms with Crippen LogP contribution in [0.4, 0.5) is 8.78 Å². The Labute approximate surface area is 272 Å².